The minimum Gasteiger partial charge on any atom is -0.507 e. The molecule has 6 heteroatoms. The van der Waals surface area contributed by atoms with Crippen LogP contribution in [-0.4, -0.2) is 27.8 Å². The first-order valence-corrected chi connectivity index (χ1v) is 11.6. The van der Waals surface area contributed by atoms with Crippen LogP contribution in [0.3, 0.4) is 0 Å². The van der Waals surface area contributed by atoms with E-state index in [1.165, 1.54) is 4.90 Å². The molecule has 5 rings (SSSR count). The fourth-order valence-corrected chi connectivity index (χ4v) is 4.80. The van der Waals surface area contributed by atoms with Crippen LogP contribution in [0, 0.1) is 0 Å². The first kappa shape index (κ1) is 21.5. The van der Waals surface area contributed by atoms with Crippen molar-refractivity contribution < 1.29 is 19.4 Å². The van der Waals surface area contributed by atoms with Crippen LogP contribution < -0.4 is 4.74 Å². The average molecular weight is 504 g/mol. The van der Waals surface area contributed by atoms with E-state index >= 15 is 0 Å². The summed E-state index contributed by atoms with van der Waals surface area (Å²) in [7, 11) is 0. The van der Waals surface area contributed by atoms with Crippen molar-refractivity contribution in [3.63, 3.8) is 0 Å². The maximum atomic E-state index is 13.2. The van der Waals surface area contributed by atoms with Gasteiger partial charge in [-0.3, -0.25) is 9.59 Å². The van der Waals surface area contributed by atoms with Gasteiger partial charge in [0.15, 0.2) is 0 Å². The van der Waals surface area contributed by atoms with Crippen molar-refractivity contribution >= 4 is 33.4 Å². The molecule has 1 amide bonds. The van der Waals surface area contributed by atoms with Gasteiger partial charge in [0.1, 0.15) is 17.6 Å². The largest absolute Gasteiger partial charge is 0.507 e. The zero-order chi connectivity index (χ0) is 23.1. The highest BCUT2D eigenvalue weighted by atomic mass is 79.9. The van der Waals surface area contributed by atoms with Crippen molar-refractivity contribution in [1.29, 1.82) is 0 Å². The first-order chi connectivity index (χ1) is 15.9. The maximum absolute atomic E-state index is 13.2. The lowest BCUT2D eigenvalue weighted by Crippen LogP contribution is -2.29. The van der Waals surface area contributed by atoms with Crippen LogP contribution in [0.2, 0.25) is 0 Å². The Labute approximate surface area is 200 Å². The number of benzene rings is 3. The van der Waals surface area contributed by atoms with Gasteiger partial charge in [0, 0.05) is 23.0 Å². The molecule has 0 bridgehead atoms. The molecule has 3 aromatic rings. The summed E-state index contributed by atoms with van der Waals surface area (Å²) in [6.45, 7) is 2.25. The molecule has 3 aromatic carbocycles. The minimum atomic E-state index is -0.693. The number of aliphatic hydroxyl groups excluding tert-OH is 1. The van der Waals surface area contributed by atoms with Gasteiger partial charge in [0.2, 0.25) is 0 Å². The Hall–Kier alpha value is -3.38. The molecule has 2 aliphatic heterocycles. The van der Waals surface area contributed by atoms with Gasteiger partial charge in [0.05, 0.1) is 11.6 Å². The number of amides is 1. The Bertz CT molecular complexity index is 1270. The number of Topliss-reactive ketones (excluding diaryl/α,β-unsaturated/α-hetero) is 1. The van der Waals surface area contributed by atoms with Gasteiger partial charge in [-0.1, -0.05) is 58.4 Å². The molecule has 0 radical (unpaired) electrons. The normalized spacial score (nSPS) is 21.2. The van der Waals surface area contributed by atoms with Crippen molar-refractivity contribution in [2.75, 3.05) is 0 Å². The quantitative estimate of drug-likeness (QED) is 0.294. The van der Waals surface area contributed by atoms with Gasteiger partial charge in [0.25, 0.3) is 11.7 Å². The molecule has 0 unspecified atom stereocenters. The number of halogens is 1. The number of aliphatic hydroxyl groups is 1. The number of nitrogens with zero attached hydrogens (tertiary/aromatic N) is 1. The predicted molar refractivity (Wildman–Crippen MR) is 129 cm³/mol. The summed E-state index contributed by atoms with van der Waals surface area (Å²) < 4.78 is 6.65. The van der Waals surface area contributed by atoms with E-state index in [2.05, 4.69) is 15.9 Å². The molecule has 0 aromatic heterocycles. The SMILES string of the molecule is C[C@@H]1Cc2cc(/C(O)=C3\C(=O)C(=O)N(Cc4ccccc4)[C@H]3c3ccc(Br)cc3)ccc2O1. The van der Waals surface area contributed by atoms with Crippen molar-refractivity contribution in [3.05, 3.63) is 105 Å². The zero-order valence-corrected chi connectivity index (χ0v) is 19.6. The lowest BCUT2D eigenvalue weighted by molar-refractivity contribution is -0.140. The lowest BCUT2D eigenvalue weighted by Gasteiger charge is -2.25. The number of fused-ring (bicyclic) bond motifs is 1. The fourth-order valence-electron chi connectivity index (χ4n) is 4.54. The summed E-state index contributed by atoms with van der Waals surface area (Å²) >= 11 is 3.44. The third-order valence-electron chi connectivity index (χ3n) is 6.09. The Morgan fingerprint density at radius 2 is 1.79 bits per heavy atom. The summed E-state index contributed by atoms with van der Waals surface area (Å²) in [5, 5.41) is 11.3. The Morgan fingerprint density at radius 1 is 1.06 bits per heavy atom. The van der Waals surface area contributed by atoms with E-state index in [-0.39, 0.29) is 24.0 Å². The third kappa shape index (κ3) is 3.95. The molecule has 2 atom stereocenters. The number of hydrogen-bond donors (Lipinski definition) is 1. The smallest absolute Gasteiger partial charge is 0.295 e. The van der Waals surface area contributed by atoms with Crippen LogP contribution in [0.4, 0.5) is 0 Å². The molecule has 33 heavy (non-hydrogen) atoms. The topological polar surface area (TPSA) is 66.8 Å². The van der Waals surface area contributed by atoms with Crippen molar-refractivity contribution in [2.24, 2.45) is 0 Å². The number of likely N-dealkylation sites (tertiary alicyclic amines) is 1. The van der Waals surface area contributed by atoms with Gasteiger partial charge in [-0.15, -0.1) is 0 Å². The van der Waals surface area contributed by atoms with Gasteiger partial charge in [-0.25, -0.2) is 0 Å². The molecular formula is C27H22BrNO4. The molecule has 166 valence electrons. The predicted octanol–water partition coefficient (Wildman–Crippen LogP) is 5.39. The third-order valence-corrected chi connectivity index (χ3v) is 6.62. The molecule has 0 aliphatic carbocycles. The summed E-state index contributed by atoms with van der Waals surface area (Å²) in [6, 6.07) is 21.7. The van der Waals surface area contributed by atoms with Gasteiger partial charge >= 0.3 is 0 Å². The molecule has 0 saturated carbocycles. The number of rotatable bonds is 4. The average Bonchev–Trinajstić information content (AvgIpc) is 3.31. The van der Waals surface area contributed by atoms with Crippen LogP contribution in [0.15, 0.2) is 82.8 Å². The number of ketones is 1. The van der Waals surface area contributed by atoms with E-state index < -0.39 is 17.7 Å². The molecule has 2 heterocycles. The highest BCUT2D eigenvalue weighted by Crippen LogP contribution is 2.41. The molecule has 2 aliphatic rings. The zero-order valence-electron chi connectivity index (χ0n) is 18.0. The van der Waals surface area contributed by atoms with E-state index in [1.807, 2.05) is 73.7 Å². The highest BCUT2D eigenvalue weighted by molar-refractivity contribution is 9.10. The molecule has 1 N–H and O–H groups in total. The molecule has 0 spiro atoms. The lowest BCUT2D eigenvalue weighted by atomic mass is 9.94. The number of hydrogen-bond acceptors (Lipinski definition) is 4. The van der Waals surface area contributed by atoms with Gasteiger partial charge in [-0.2, -0.15) is 0 Å². The van der Waals surface area contributed by atoms with Gasteiger partial charge < -0.3 is 14.7 Å². The molecular weight excluding hydrogens is 482 g/mol. The summed E-state index contributed by atoms with van der Waals surface area (Å²) in [6.07, 6.45) is 0.797. The van der Waals surface area contributed by atoms with E-state index in [1.54, 1.807) is 6.07 Å². The second kappa shape index (κ2) is 8.52. The Balaban J connectivity index is 1.62. The first-order valence-electron chi connectivity index (χ1n) is 10.8. The minimum absolute atomic E-state index is 0.0663. The Kier molecular flexibility index (Phi) is 5.54. The highest BCUT2D eigenvalue weighted by Gasteiger charge is 2.46. The van der Waals surface area contributed by atoms with Crippen LogP contribution in [0.5, 0.6) is 5.75 Å². The summed E-state index contributed by atoms with van der Waals surface area (Å²) in [4.78, 5) is 27.9. The summed E-state index contributed by atoms with van der Waals surface area (Å²) in [5.41, 5.74) is 3.25. The second-order valence-corrected chi connectivity index (χ2v) is 9.33. The van der Waals surface area contributed by atoms with E-state index in [4.69, 9.17) is 4.74 Å². The molecule has 5 nitrogen and oxygen atoms in total. The monoisotopic (exact) mass is 503 g/mol. The number of carbonyl (C=O) groups is 2. The van der Waals surface area contributed by atoms with E-state index in [9.17, 15) is 14.7 Å². The van der Waals surface area contributed by atoms with Crippen LogP contribution in [-0.2, 0) is 22.6 Å². The van der Waals surface area contributed by atoms with Crippen LogP contribution in [0.1, 0.15) is 35.2 Å². The van der Waals surface area contributed by atoms with E-state index in [0.717, 1.165) is 33.3 Å². The number of carbonyl (C=O) groups excluding carboxylic acids is 2. The fraction of sp³-hybridized carbons (Fsp3) is 0.185. The van der Waals surface area contributed by atoms with Gasteiger partial charge in [-0.05, 0) is 53.9 Å². The van der Waals surface area contributed by atoms with Crippen molar-refractivity contribution in [3.8, 4) is 5.75 Å². The van der Waals surface area contributed by atoms with Crippen LogP contribution in [0.25, 0.3) is 5.76 Å². The molecule has 1 saturated heterocycles. The summed E-state index contributed by atoms with van der Waals surface area (Å²) in [5.74, 6) is -0.680. The second-order valence-electron chi connectivity index (χ2n) is 8.42. The number of ether oxygens (including phenoxy) is 1. The Morgan fingerprint density at radius 3 is 2.52 bits per heavy atom. The maximum Gasteiger partial charge on any atom is 0.295 e. The van der Waals surface area contributed by atoms with Crippen molar-refractivity contribution in [1.82, 2.24) is 4.90 Å². The van der Waals surface area contributed by atoms with E-state index in [0.29, 0.717) is 5.56 Å². The van der Waals surface area contributed by atoms with Crippen molar-refractivity contribution in [2.45, 2.75) is 32.0 Å². The molecule has 1 fully saturated rings. The van der Waals surface area contributed by atoms with Crippen LogP contribution >= 0.6 is 15.9 Å². The standard InChI is InChI=1S/C27H22BrNO4/c1-16-13-20-14-19(9-12-22(20)33-16)25(30)23-24(18-7-10-21(28)11-8-18)29(27(32)26(23)31)15-17-5-3-2-4-6-17/h2-12,14,16,24,30H,13,15H2,1H3/b25-23+/t16-,24+/m1/s1.